The molecule has 1 aliphatic heterocycles. The minimum atomic E-state index is -0.00447. The van der Waals surface area contributed by atoms with Gasteiger partial charge in [0.2, 0.25) is 17.8 Å². The number of nitrogens with zero attached hydrogens (tertiary/aromatic N) is 4. The molecule has 110 valence electrons. The van der Waals surface area contributed by atoms with Crippen LogP contribution in [0.4, 0.5) is 5.95 Å². The maximum atomic E-state index is 12.1. The van der Waals surface area contributed by atoms with Crippen LogP contribution in [0.5, 0.6) is 0 Å². The van der Waals surface area contributed by atoms with Crippen LogP contribution >= 0.6 is 0 Å². The Balaban J connectivity index is 1.78. The fourth-order valence-corrected chi connectivity index (χ4v) is 2.23. The summed E-state index contributed by atoms with van der Waals surface area (Å²) in [5.41, 5.74) is 5.40. The van der Waals surface area contributed by atoms with Crippen LogP contribution in [0.3, 0.4) is 0 Å². The molecule has 1 aromatic rings. The first-order valence-corrected chi connectivity index (χ1v) is 6.80. The van der Waals surface area contributed by atoms with Crippen molar-refractivity contribution in [2.75, 3.05) is 18.8 Å². The van der Waals surface area contributed by atoms with Crippen molar-refractivity contribution < 1.29 is 9.59 Å². The lowest BCUT2D eigenvalue weighted by Gasteiger charge is -2.32. The second-order valence-corrected chi connectivity index (χ2v) is 4.88. The third-order valence-electron chi connectivity index (χ3n) is 3.39. The molecule has 0 saturated carbocycles. The Kier molecular flexibility index (Phi) is 4.54. The SMILES string of the molecule is CCC(=O)NC1CCN(C(=O)Cn2cnc(N)n2)CC1. The summed E-state index contributed by atoms with van der Waals surface area (Å²) >= 11 is 0. The molecule has 0 atom stereocenters. The minimum Gasteiger partial charge on any atom is -0.367 e. The Morgan fingerprint density at radius 3 is 2.70 bits per heavy atom. The number of nitrogens with one attached hydrogen (secondary N) is 1. The van der Waals surface area contributed by atoms with Gasteiger partial charge < -0.3 is 16.0 Å². The van der Waals surface area contributed by atoms with Crippen molar-refractivity contribution in [3.63, 3.8) is 0 Å². The van der Waals surface area contributed by atoms with Gasteiger partial charge in [0.25, 0.3) is 0 Å². The molecule has 0 bridgehead atoms. The van der Waals surface area contributed by atoms with Crippen LogP contribution in [0.1, 0.15) is 26.2 Å². The van der Waals surface area contributed by atoms with Crippen LogP contribution in [0.25, 0.3) is 0 Å². The quantitative estimate of drug-likeness (QED) is 0.764. The van der Waals surface area contributed by atoms with Gasteiger partial charge in [-0.2, -0.15) is 0 Å². The summed E-state index contributed by atoms with van der Waals surface area (Å²) in [6.45, 7) is 3.28. The first-order chi connectivity index (χ1) is 9.58. The van der Waals surface area contributed by atoms with E-state index in [1.165, 1.54) is 11.0 Å². The number of carbonyl (C=O) groups is 2. The molecule has 3 N–H and O–H groups in total. The van der Waals surface area contributed by atoms with Crippen molar-refractivity contribution in [1.29, 1.82) is 0 Å². The van der Waals surface area contributed by atoms with E-state index in [0.717, 1.165) is 12.8 Å². The van der Waals surface area contributed by atoms with Gasteiger partial charge in [-0.15, -0.1) is 5.10 Å². The Bertz CT molecular complexity index is 478. The third kappa shape index (κ3) is 3.69. The summed E-state index contributed by atoms with van der Waals surface area (Å²) < 4.78 is 1.43. The first kappa shape index (κ1) is 14.3. The van der Waals surface area contributed by atoms with Gasteiger partial charge in [0.05, 0.1) is 0 Å². The molecule has 2 heterocycles. The Hall–Kier alpha value is -2.12. The molecule has 0 aromatic carbocycles. The molecule has 1 aliphatic rings. The average molecular weight is 280 g/mol. The Labute approximate surface area is 117 Å². The number of amides is 2. The number of carbonyl (C=O) groups excluding carboxylic acids is 2. The van der Waals surface area contributed by atoms with Gasteiger partial charge in [0.1, 0.15) is 12.9 Å². The van der Waals surface area contributed by atoms with Gasteiger partial charge in [-0.3, -0.25) is 9.59 Å². The number of nitrogen functional groups attached to an aromatic ring is 1. The van der Waals surface area contributed by atoms with E-state index in [2.05, 4.69) is 15.4 Å². The lowest BCUT2D eigenvalue weighted by molar-refractivity contribution is -0.133. The zero-order chi connectivity index (χ0) is 14.5. The van der Waals surface area contributed by atoms with E-state index in [-0.39, 0.29) is 30.3 Å². The Morgan fingerprint density at radius 1 is 1.45 bits per heavy atom. The molecular formula is C12H20N6O2. The molecule has 8 nitrogen and oxygen atoms in total. The predicted molar refractivity (Wildman–Crippen MR) is 72.5 cm³/mol. The van der Waals surface area contributed by atoms with Crippen LogP contribution in [-0.4, -0.2) is 50.6 Å². The van der Waals surface area contributed by atoms with Gasteiger partial charge in [0.15, 0.2) is 0 Å². The average Bonchev–Trinajstić information content (AvgIpc) is 2.84. The maximum absolute atomic E-state index is 12.1. The predicted octanol–water partition coefficient (Wildman–Crippen LogP) is -0.622. The van der Waals surface area contributed by atoms with E-state index in [0.29, 0.717) is 19.5 Å². The topological polar surface area (TPSA) is 106 Å². The van der Waals surface area contributed by atoms with E-state index in [9.17, 15) is 9.59 Å². The minimum absolute atomic E-state index is 0.00447. The highest BCUT2D eigenvalue weighted by atomic mass is 16.2. The Morgan fingerprint density at radius 2 is 2.15 bits per heavy atom. The highest BCUT2D eigenvalue weighted by Gasteiger charge is 2.23. The lowest BCUT2D eigenvalue weighted by Crippen LogP contribution is -2.47. The fourth-order valence-electron chi connectivity index (χ4n) is 2.23. The number of hydrogen-bond donors (Lipinski definition) is 2. The van der Waals surface area contributed by atoms with Crippen molar-refractivity contribution in [3.05, 3.63) is 6.33 Å². The summed E-state index contributed by atoms with van der Waals surface area (Å²) in [6, 6.07) is 0.175. The van der Waals surface area contributed by atoms with Crippen LogP contribution in [0.2, 0.25) is 0 Å². The van der Waals surface area contributed by atoms with Gasteiger partial charge in [-0.25, -0.2) is 9.67 Å². The summed E-state index contributed by atoms with van der Waals surface area (Å²) in [5.74, 6) is 0.224. The number of aromatic nitrogens is 3. The number of hydrogen-bond acceptors (Lipinski definition) is 5. The zero-order valence-corrected chi connectivity index (χ0v) is 11.6. The molecule has 0 radical (unpaired) electrons. The largest absolute Gasteiger partial charge is 0.367 e. The summed E-state index contributed by atoms with van der Waals surface area (Å²) in [4.78, 5) is 29.0. The molecular weight excluding hydrogens is 260 g/mol. The number of nitrogens with two attached hydrogens (primary N) is 1. The first-order valence-electron chi connectivity index (χ1n) is 6.80. The molecule has 1 aromatic heterocycles. The van der Waals surface area contributed by atoms with Gasteiger partial charge in [0, 0.05) is 25.6 Å². The van der Waals surface area contributed by atoms with Crippen molar-refractivity contribution in [2.24, 2.45) is 0 Å². The molecule has 0 unspecified atom stereocenters. The highest BCUT2D eigenvalue weighted by Crippen LogP contribution is 2.11. The van der Waals surface area contributed by atoms with Crippen molar-refractivity contribution >= 4 is 17.8 Å². The van der Waals surface area contributed by atoms with E-state index in [4.69, 9.17) is 5.73 Å². The molecule has 2 rings (SSSR count). The smallest absolute Gasteiger partial charge is 0.244 e. The van der Waals surface area contributed by atoms with Crippen molar-refractivity contribution in [2.45, 2.75) is 38.8 Å². The van der Waals surface area contributed by atoms with Crippen LogP contribution in [0, 0.1) is 0 Å². The summed E-state index contributed by atoms with van der Waals surface area (Å²) in [6.07, 6.45) is 3.52. The van der Waals surface area contributed by atoms with E-state index < -0.39 is 0 Å². The van der Waals surface area contributed by atoms with Gasteiger partial charge in [-0.1, -0.05) is 6.92 Å². The molecule has 0 aliphatic carbocycles. The van der Waals surface area contributed by atoms with Crippen LogP contribution < -0.4 is 11.1 Å². The second kappa shape index (κ2) is 6.36. The van der Waals surface area contributed by atoms with E-state index >= 15 is 0 Å². The number of anilines is 1. The lowest BCUT2D eigenvalue weighted by atomic mass is 10.0. The molecule has 20 heavy (non-hydrogen) atoms. The number of rotatable bonds is 4. The van der Waals surface area contributed by atoms with Crippen molar-refractivity contribution in [3.8, 4) is 0 Å². The van der Waals surface area contributed by atoms with Gasteiger partial charge in [-0.05, 0) is 12.8 Å². The third-order valence-corrected chi connectivity index (χ3v) is 3.39. The maximum Gasteiger partial charge on any atom is 0.244 e. The van der Waals surface area contributed by atoms with Gasteiger partial charge >= 0.3 is 0 Å². The molecule has 0 spiro atoms. The molecule has 1 fully saturated rings. The molecule has 2 amide bonds. The number of likely N-dealkylation sites (tertiary alicyclic amines) is 1. The fraction of sp³-hybridized carbons (Fsp3) is 0.667. The highest BCUT2D eigenvalue weighted by molar-refractivity contribution is 5.77. The summed E-state index contributed by atoms with van der Waals surface area (Å²) in [7, 11) is 0. The van der Waals surface area contributed by atoms with Crippen molar-refractivity contribution in [1.82, 2.24) is 25.0 Å². The zero-order valence-electron chi connectivity index (χ0n) is 11.6. The van der Waals surface area contributed by atoms with Crippen LogP contribution in [-0.2, 0) is 16.1 Å². The molecule has 8 heteroatoms. The monoisotopic (exact) mass is 280 g/mol. The summed E-state index contributed by atoms with van der Waals surface area (Å²) in [5, 5.41) is 6.85. The number of piperidine rings is 1. The normalized spacial score (nSPS) is 16.1. The standard InChI is InChI=1S/C12H20N6O2/c1-2-10(19)15-9-3-5-17(6-4-9)11(20)7-18-8-14-12(13)16-18/h8-9H,2-7H2,1H3,(H2,13,16)(H,15,19). The van der Waals surface area contributed by atoms with E-state index in [1.807, 2.05) is 6.92 Å². The van der Waals surface area contributed by atoms with Crippen LogP contribution in [0.15, 0.2) is 6.33 Å². The molecule has 1 saturated heterocycles. The second-order valence-electron chi connectivity index (χ2n) is 4.88. The van der Waals surface area contributed by atoms with E-state index in [1.54, 1.807) is 4.90 Å².